The maximum Gasteiger partial charge on any atom is 0.326 e. The highest BCUT2D eigenvalue weighted by Gasteiger charge is 2.40. The number of carboxylic acid groups (broad SMARTS) is 2. The minimum absolute atomic E-state index is 0.0477. The molecule has 0 bridgehead atoms. The summed E-state index contributed by atoms with van der Waals surface area (Å²) in [4.78, 5) is 115. The van der Waals surface area contributed by atoms with E-state index in [-0.39, 0.29) is 50.5 Å². The third kappa shape index (κ3) is 15.8. The number of carboxylic acids is 2. The Hall–Kier alpha value is -4.81. The van der Waals surface area contributed by atoms with Crippen molar-refractivity contribution in [3.8, 4) is 0 Å². The fourth-order valence-electron chi connectivity index (χ4n) is 5.60. The van der Waals surface area contributed by atoms with Crippen molar-refractivity contribution in [2.45, 2.75) is 129 Å². The average Bonchev–Trinajstić information content (AvgIpc) is 3.58. The number of carbonyl (C=O) groups is 9. The van der Waals surface area contributed by atoms with E-state index in [1.807, 2.05) is 0 Å². The summed E-state index contributed by atoms with van der Waals surface area (Å²) in [5.41, 5.74) is 11.2. The quantitative estimate of drug-likeness (QED) is 0.0565. The molecule has 1 aliphatic heterocycles. The van der Waals surface area contributed by atoms with Crippen LogP contribution in [0, 0.1) is 17.8 Å². The van der Waals surface area contributed by atoms with Gasteiger partial charge in [-0.1, -0.05) is 48.0 Å². The number of amides is 7. The second-order valence-electron chi connectivity index (χ2n) is 14.2. The Bertz CT molecular complexity index is 1340. The fourth-order valence-corrected chi connectivity index (χ4v) is 5.60. The Labute approximate surface area is 309 Å². The standard InChI is InChI=1S/C34H58N8O11/c1-7-19(6)28(41-31(49)27(36)18(4)5)32(50)40-21(11-13-26(45)46)33(51)42-14-8-9-23(42)30(48)39-20(10-12-24(35)43)29(47)37-16-25(44)38-22(34(52)53)15-17(2)3/h17-23,27-28H,7-16,36H2,1-6H3,(H2,35,43)(H,37,47)(H,38,44)(H,39,48)(H,40,50)(H,41,49)(H,45,46)(H,52,53)/t19-,20-,21-,22-,23-,27-,28-/m0/s1. The Balaban J connectivity index is 3.19. The highest BCUT2D eigenvalue weighted by molar-refractivity contribution is 5.97. The van der Waals surface area contributed by atoms with Crippen LogP contribution in [-0.4, -0.2) is 118 Å². The van der Waals surface area contributed by atoms with Gasteiger partial charge in [-0.25, -0.2) is 4.79 Å². The topological polar surface area (TPSA) is 310 Å². The van der Waals surface area contributed by atoms with Gasteiger partial charge in [-0.2, -0.15) is 0 Å². The van der Waals surface area contributed by atoms with Crippen LogP contribution < -0.4 is 38.1 Å². The third-order valence-electron chi connectivity index (χ3n) is 8.99. The molecule has 11 N–H and O–H groups in total. The summed E-state index contributed by atoms with van der Waals surface area (Å²) in [6.07, 6.45) is -0.320. The number of hydrogen-bond acceptors (Lipinski definition) is 10. The first-order valence-corrected chi connectivity index (χ1v) is 18.0. The molecule has 53 heavy (non-hydrogen) atoms. The zero-order chi connectivity index (χ0) is 40.6. The van der Waals surface area contributed by atoms with Crippen LogP contribution in [0.4, 0.5) is 0 Å². The summed E-state index contributed by atoms with van der Waals surface area (Å²) in [5.74, 6) is -8.47. The number of nitrogens with one attached hydrogen (secondary N) is 5. The highest BCUT2D eigenvalue weighted by Crippen LogP contribution is 2.21. The number of aliphatic carboxylic acids is 2. The molecule has 0 aromatic heterocycles. The molecule has 19 nitrogen and oxygen atoms in total. The van der Waals surface area contributed by atoms with Crippen LogP contribution in [0.5, 0.6) is 0 Å². The summed E-state index contributed by atoms with van der Waals surface area (Å²) in [7, 11) is 0. The highest BCUT2D eigenvalue weighted by atomic mass is 16.4. The first-order valence-electron chi connectivity index (χ1n) is 18.0. The molecule has 0 spiro atoms. The minimum atomic E-state index is -1.40. The summed E-state index contributed by atoms with van der Waals surface area (Å²) >= 11 is 0. The van der Waals surface area contributed by atoms with Crippen molar-refractivity contribution >= 4 is 53.3 Å². The zero-order valence-corrected chi connectivity index (χ0v) is 31.4. The van der Waals surface area contributed by atoms with E-state index >= 15 is 0 Å². The van der Waals surface area contributed by atoms with E-state index in [0.717, 1.165) is 0 Å². The molecule has 1 rings (SSSR count). The summed E-state index contributed by atoms with van der Waals surface area (Å²) in [6.45, 7) is 9.98. The van der Waals surface area contributed by atoms with Gasteiger partial charge in [0.1, 0.15) is 30.2 Å². The largest absolute Gasteiger partial charge is 0.481 e. The number of primary amides is 1. The molecule has 0 saturated carbocycles. The maximum atomic E-state index is 13.9. The molecule has 1 aliphatic rings. The van der Waals surface area contributed by atoms with Gasteiger partial charge < -0.3 is 53.2 Å². The van der Waals surface area contributed by atoms with E-state index in [2.05, 4.69) is 26.6 Å². The van der Waals surface area contributed by atoms with Crippen molar-refractivity contribution < 1.29 is 53.4 Å². The third-order valence-corrected chi connectivity index (χ3v) is 8.99. The van der Waals surface area contributed by atoms with Crippen molar-refractivity contribution in [3.63, 3.8) is 0 Å². The molecule has 1 heterocycles. The van der Waals surface area contributed by atoms with Gasteiger partial charge in [0.25, 0.3) is 0 Å². The van der Waals surface area contributed by atoms with Gasteiger partial charge in [-0.3, -0.25) is 38.4 Å². The lowest BCUT2D eigenvalue weighted by Gasteiger charge is -2.31. The molecule has 19 heteroatoms. The van der Waals surface area contributed by atoms with Gasteiger partial charge >= 0.3 is 11.9 Å². The van der Waals surface area contributed by atoms with Gasteiger partial charge in [-0.05, 0) is 49.9 Å². The lowest BCUT2D eigenvalue weighted by Crippen LogP contribution is -2.60. The molecule has 0 radical (unpaired) electrons. The van der Waals surface area contributed by atoms with Crippen LogP contribution in [0.1, 0.15) is 92.9 Å². The SMILES string of the molecule is CC[C@H](C)[C@H](NC(=O)[C@@H](N)C(C)C)C(=O)N[C@@H](CCC(=O)O)C(=O)N1CCC[C@H]1C(=O)N[C@@H](CCC(N)=O)C(=O)NCC(=O)N[C@@H](CC(C)C)C(=O)O. The van der Waals surface area contributed by atoms with E-state index in [4.69, 9.17) is 11.5 Å². The second-order valence-corrected chi connectivity index (χ2v) is 14.2. The molecular weight excluding hydrogens is 696 g/mol. The molecular formula is C34H58N8O11. The zero-order valence-electron chi connectivity index (χ0n) is 31.4. The van der Waals surface area contributed by atoms with Crippen LogP contribution in [0.2, 0.25) is 0 Å². The maximum absolute atomic E-state index is 13.9. The monoisotopic (exact) mass is 754 g/mol. The van der Waals surface area contributed by atoms with Crippen molar-refractivity contribution in [1.29, 1.82) is 0 Å². The number of nitrogens with zero attached hydrogens (tertiary/aromatic N) is 1. The Morgan fingerprint density at radius 2 is 1.42 bits per heavy atom. The molecule has 0 unspecified atom stereocenters. The number of nitrogens with two attached hydrogens (primary N) is 2. The van der Waals surface area contributed by atoms with E-state index in [1.54, 1.807) is 41.5 Å². The molecule has 1 saturated heterocycles. The molecule has 0 aromatic rings. The van der Waals surface area contributed by atoms with Gasteiger partial charge in [0.15, 0.2) is 0 Å². The summed E-state index contributed by atoms with van der Waals surface area (Å²) in [5, 5.41) is 31.1. The number of rotatable bonds is 23. The number of likely N-dealkylation sites (tertiary alicyclic amines) is 1. The molecule has 0 aliphatic carbocycles. The van der Waals surface area contributed by atoms with E-state index < -0.39 is 108 Å². The molecule has 300 valence electrons. The van der Waals surface area contributed by atoms with Crippen LogP contribution in [0.15, 0.2) is 0 Å². The molecule has 7 atom stereocenters. The minimum Gasteiger partial charge on any atom is -0.481 e. The van der Waals surface area contributed by atoms with E-state index in [1.165, 1.54) is 4.90 Å². The first-order chi connectivity index (χ1) is 24.7. The van der Waals surface area contributed by atoms with Crippen LogP contribution >= 0.6 is 0 Å². The Morgan fingerprint density at radius 3 is 1.94 bits per heavy atom. The smallest absolute Gasteiger partial charge is 0.326 e. The molecule has 7 amide bonds. The van der Waals surface area contributed by atoms with Crippen LogP contribution in [-0.2, 0) is 43.2 Å². The lowest BCUT2D eigenvalue weighted by atomic mass is 9.96. The van der Waals surface area contributed by atoms with Gasteiger partial charge in [0.05, 0.1) is 12.6 Å². The first kappa shape index (κ1) is 46.2. The predicted molar refractivity (Wildman–Crippen MR) is 190 cm³/mol. The van der Waals surface area contributed by atoms with Gasteiger partial charge in [-0.15, -0.1) is 0 Å². The number of hydrogen-bond donors (Lipinski definition) is 9. The van der Waals surface area contributed by atoms with E-state index in [9.17, 15) is 53.4 Å². The van der Waals surface area contributed by atoms with Crippen molar-refractivity contribution in [2.24, 2.45) is 29.2 Å². The van der Waals surface area contributed by atoms with Crippen molar-refractivity contribution in [3.05, 3.63) is 0 Å². The fraction of sp³-hybridized carbons (Fsp3) is 0.735. The lowest BCUT2D eigenvalue weighted by molar-refractivity contribution is -0.143. The van der Waals surface area contributed by atoms with E-state index in [0.29, 0.717) is 12.8 Å². The van der Waals surface area contributed by atoms with Crippen molar-refractivity contribution in [2.75, 3.05) is 13.1 Å². The molecule has 0 aromatic carbocycles. The van der Waals surface area contributed by atoms with Crippen molar-refractivity contribution in [1.82, 2.24) is 31.5 Å². The average molecular weight is 755 g/mol. The molecule has 1 fully saturated rings. The Morgan fingerprint density at radius 1 is 0.792 bits per heavy atom. The number of carbonyl (C=O) groups excluding carboxylic acids is 7. The predicted octanol–water partition coefficient (Wildman–Crippen LogP) is -1.68. The summed E-state index contributed by atoms with van der Waals surface area (Å²) in [6, 6.07) is -7.14. The van der Waals surface area contributed by atoms with Gasteiger partial charge in [0, 0.05) is 19.4 Å². The second kappa shape index (κ2) is 22.3. The van der Waals surface area contributed by atoms with Crippen LogP contribution in [0.25, 0.3) is 0 Å². The van der Waals surface area contributed by atoms with Gasteiger partial charge in [0.2, 0.25) is 41.4 Å². The Kier molecular flexibility index (Phi) is 19.4. The van der Waals surface area contributed by atoms with Crippen LogP contribution in [0.3, 0.4) is 0 Å². The summed E-state index contributed by atoms with van der Waals surface area (Å²) < 4.78 is 0. The normalized spacial score (nSPS) is 17.5.